The predicted octanol–water partition coefficient (Wildman–Crippen LogP) is 7.26. The van der Waals surface area contributed by atoms with Crippen LogP contribution in [0.3, 0.4) is 0 Å². The lowest BCUT2D eigenvalue weighted by Crippen LogP contribution is -2.46. The van der Waals surface area contributed by atoms with E-state index in [0.29, 0.717) is 52.1 Å². The third-order valence-corrected chi connectivity index (χ3v) is 12.0. The van der Waals surface area contributed by atoms with Crippen molar-refractivity contribution in [3.63, 3.8) is 0 Å². The summed E-state index contributed by atoms with van der Waals surface area (Å²) in [5.74, 6) is 5.95. The molecule has 1 saturated heterocycles. The van der Waals surface area contributed by atoms with Gasteiger partial charge < -0.3 is 24.8 Å². The average molecular weight is 628 g/mol. The van der Waals surface area contributed by atoms with Gasteiger partial charge in [0.15, 0.2) is 0 Å². The maximum atomic E-state index is 14.7. The average Bonchev–Trinajstić information content (AvgIpc) is 3.29. The smallest absolute Gasteiger partial charge is 0.393 e. The summed E-state index contributed by atoms with van der Waals surface area (Å²) in [7, 11) is -0.758. The predicted molar refractivity (Wildman–Crippen MR) is 163 cm³/mol. The Labute approximate surface area is 247 Å². The number of halogens is 5. The van der Waals surface area contributed by atoms with E-state index in [1.807, 2.05) is 25.8 Å². The number of hydrogen-bond acceptors (Lipinski definition) is 6. The van der Waals surface area contributed by atoms with Gasteiger partial charge in [-0.1, -0.05) is 37.8 Å². The minimum Gasteiger partial charge on any atom is -0.461 e. The lowest BCUT2D eigenvalue weighted by molar-refractivity contribution is -0.126. The molecule has 2 aromatic carbocycles. The van der Waals surface area contributed by atoms with Crippen LogP contribution in [0.25, 0.3) is 10.1 Å². The van der Waals surface area contributed by atoms with Crippen LogP contribution < -0.4 is 20.7 Å². The number of alkyl halides is 5. The summed E-state index contributed by atoms with van der Waals surface area (Å²) in [6.45, 7) is 3.66. The molecule has 2 N–H and O–H groups in total. The summed E-state index contributed by atoms with van der Waals surface area (Å²) < 4.78 is 87.4. The van der Waals surface area contributed by atoms with Crippen LogP contribution in [0, 0.1) is 11.8 Å². The number of hydrogen-bond donors (Lipinski definition) is 2. The number of ether oxygens (including phenoxy) is 1. The number of piperidine rings is 1. The molecule has 2 heterocycles. The number of thiophene rings is 1. The maximum absolute atomic E-state index is 14.7. The number of fused-ring (bicyclic) bond motifs is 1. The van der Waals surface area contributed by atoms with Crippen molar-refractivity contribution in [1.29, 1.82) is 0 Å². The van der Waals surface area contributed by atoms with Crippen molar-refractivity contribution in [2.45, 2.75) is 45.1 Å². The third-order valence-electron chi connectivity index (χ3n) is 7.52. The van der Waals surface area contributed by atoms with Gasteiger partial charge in [0.05, 0.1) is 40.0 Å². The number of nitrogens with one attached hydrogen (secondary N) is 2. The van der Waals surface area contributed by atoms with Crippen molar-refractivity contribution in [3.05, 3.63) is 46.8 Å². The first-order chi connectivity index (χ1) is 20.0. The van der Waals surface area contributed by atoms with Gasteiger partial charge in [0.25, 0.3) is 0 Å². The van der Waals surface area contributed by atoms with Gasteiger partial charge in [-0.05, 0) is 48.7 Å². The van der Waals surface area contributed by atoms with Gasteiger partial charge in [0.2, 0.25) is 6.86 Å². The Hall–Kier alpha value is -2.80. The fourth-order valence-electron chi connectivity index (χ4n) is 5.12. The van der Waals surface area contributed by atoms with Gasteiger partial charge in [-0.25, -0.2) is 8.78 Å². The highest BCUT2D eigenvalue weighted by molar-refractivity contribution is 7.71. The fraction of sp³-hybridized carbons (Fsp3) is 0.467. The molecule has 2 atom stereocenters. The highest BCUT2D eigenvalue weighted by Gasteiger charge is 2.32. The van der Waals surface area contributed by atoms with E-state index in [1.54, 1.807) is 36.4 Å². The molecule has 0 amide bonds. The van der Waals surface area contributed by atoms with Crippen LogP contribution in [0.15, 0.2) is 36.4 Å². The molecule has 0 bridgehead atoms. The molecule has 1 aliphatic heterocycles. The minimum atomic E-state index is -4.44. The zero-order valence-electron chi connectivity index (χ0n) is 23.8. The Balaban J connectivity index is 1.60. The minimum absolute atomic E-state index is 0.0468. The summed E-state index contributed by atoms with van der Waals surface area (Å²) in [4.78, 5) is 2.19. The maximum Gasteiger partial charge on any atom is 0.393 e. The number of rotatable bonds is 10. The van der Waals surface area contributed by atoms with E-state index in [-0.39, 0.29) is 22.7 Å². The van der Waals surface area contributed by atoms with Crippen LogP contribution in [0.5, 0.6) is 5.75 Å². The third kappa shape index (κ3) is 7.58. The highest BCUT2D eigenvalue weighted by atomic mass is 32.1. The zero-order valence-corrected chi connectivity index (χ0v) is 25.5. The SMILES string of the molecule is CCP(=O)(CC)c1ccc(NCC#Cc2sc3c(N[C@@H]4CCN(C)C[C@@H]4F)cccc3c2CC(F)(F)F)c(OCF)c1. The summed E-state index contributed by atoms with van der Waals surface area (Å²) in [5, 5.41) is 7.29. The molecule has 228 valence electrons. The van der Waals surface area contributed by atoms with Gasteiger partial charge in [-0.3, -0.25) is 0 Å². The molecule has 0 aliphatic carbocycles. The first-order valence-corrected chi connectivity index (χ1v) is 16.7. The van der Waals surface area contributed by atoms with Crippen molar-refractivity contribution in [3.8, 4) is 17.6 Å². The van der Waals surface area contributed by atoms with Crippen molar-refractivity contribution in [2.75, 3.05) is 56.5 Å². The van der Waals surface area contributed by atoms with E-state index in [1.165, 1.54) is 0 Å². The molecular formula is C30H35F5N3O2PS. The Kier molecular flexibility index (Phi) is 10.4. The van der Waals surface area contributed by atoms with Gasteiger partial charge in [-0.15, -0.1) is 11.3 Å². The van der Waals surface area contributed by atoms with Crippen molar-refractivity contribution in [1.82, 2.24) is 4.90 Å². The van der Waals surface area contributed by atoms with E-state index in [4.69, 9.17) is 4.74 Å². The monoisotopic (exact) mass is 627 g/mol. The highest BCUT2D eigenvalue weighted by Crippen LogP contribution is 2.45. The van der Waals surface area contributed by atoms with E-state index in [0.717, 1.165) is 17.9 Å². The largest absolute Gasteiger partial charge is 0.461 e. The van der Waals surface area contributed by atoms with Crippen LogP contribution >= 0.6 is 18.5 Å². The molecule has 4 rings (SSSR count). The van der Waals surface area contributed by atoms with E-state index in [2.05, 4.69) is 22.5 Å². The fourth-order valence-corrected chi connectivity index (χ4v) is 8.17. The number of nitrogens with zero attached hydrogens (tertiary/aromatic N) is 1. The van der Waals surface area contributed by atoms with Crippen LogP contribution in [0.2, 0.25) is 0 Å². The molecule has 1 aliphatic rings. The van der Waals surface area contributed by atoms with Crippen molar-refractivity contribution >= 4 is 45.2 Å². The lowest BCUT2D eigenvalue weighted by atomic mass is 10.0. The molecular weight excluding hydrogens is 592 g/mol. The van der Waals surface area contributed by atoms with Crippen molar-refractivity contribution in [2.24, 2.45) is 0 Å². The van der Waals surface area contributed by atoms with Crippen LogP contribution in [-0.4, -0.2) is 69.2 Å². The molecule has 0 saturated carbocycles. The normalized spacial score (nSPS) is 18.0. The lowest BCUT2D eigenvalue weighted by Gasteiger charge is -2.33. The first-order valence-electron chi connectivity index (χ1n) is 13.8. The van der Waals surface area contributed by atoms with E-state index in [9.17, 15) is 26.5 Å². The zero-order chi connectivity index (χ0) is 30.5. The summed E-state index contributed by atoms with van der Waals surface area (Å²) >= 11 is 1.15. The quantitative estimate of drug-likeness (QED) is 0.141. The first kappa shape index (κ1) is 32.1. The van der Waals surface area contributed by atoms with Gasteiger partial charge in [0, 0.05) is 30.7 Å². The second-order valence-corrected chi connectivity index (χ2v) is 14.9. The Morgan fingerprint density at radius 3 is 2.60 bits per heavy atom. The van der Waals surface area contributed by atoms with Crippen LogP contribution in [-0.2, 0) is 11.0 Å². The molecule has 42 heavy (non-hydrogen) atoms. The summed E-state index contributed by atoms with van der Waals surface area (Å²) in [6.07, 6.45) is -5.17. The van der Waals surface area contributed by atoms with Crippen LogP contribution in [0.4, 0.5) is 33.3 Å². The van der Waals surface area contributed by atoms with E-state index >= 15 is 0 Å². The molecule has 1 aromatic heterocycles. The number of anilines is 2. The molecule has 5 nitrogen and oxygen atoms in total. The van der Waals surface area contributed by atoms with Crippen LogP contribution in [0.1, 0.15) is 30.7 Å². The molecule has 0 spiro atoms. The summed E-state index contributed by atoms with van der Waals surface area (Å²) in [6, 6.07) is 9.55. The molecule has 1 fully saturated rings. The Morgan fingerprint density at radius 2 is 1.93 bits per heavy atom. The number of likely N-dealkylation sites (tertiary alicyclic amines) is 1. The molecule has 3 aromatic rings. The number of benzene rings is 2. The topological polar surface area (TPSA) is 53.6 Å². The Morgan fingerprint density at radius 1 is 1.17 bits per heavy atom. The standard InChI is InChI=1S/C30H35F5N3O2PS/c1-4-41(39,5-2)20-11-12-25(27(16-20)40-19-31)36-14-7-10-28-22(17-30(33,34)35)21-8-6-9-26(29(21)42-28)37-24-13-15-38(3)18-23(24)32/h6,8-9,11-12,16,23-24,36-37H,4-5,13-15,17-19H2,1-3H3/t23-,24+/m0/s1. The van der Waals surface area contributed by atoms with Gasteiger partial charge in [0.1, 0.15) is 19.1 Å². The second kappa shape index (κ2) is 13.7. The van der Waals surface area contributed by atoms with Gasteiger partial charge >= 0.3 is 6.18 Å². The second-order valence-electron chi connectivity index (χ2n) is 10.3. The summed E-state index contributed by atoms with van der Waals surface area (Å²) in [5.41, 5.74) is 1.11. The van der Waals surface area contributed by atoms with Crippen molar-refractivity contribution < 1.29 is 31.3 Å². The van der Waals surface area contributed by atoms with E-state index < -0.39 is 38.8 Å². The molecule has 12 heteroatoms. The van der Waals surface area contributed by atoms with Gasteiger partial charge in [-0.2, -0.15) is 13.2 Å². The molecule has 0 radical (unpaired) electrons. The Bertz CT molecular complexity index is 1490. The molecule has 0 unspecified atom stereocenters.